The van der Waals surface area contributed by atoms with Crippen LogP contribution in [0, 0.1) is 11.3 Å². The van der Waals surface area contributed by atoms with E-state index in [1.165, 1.54) is 0 Å². The van der Waals surface area contributed by atoms with Crippen LogP contribution in [0.15, 0.2) is 36.5 Å². The number of methoxy groups -OCH3 is 1. The van der Waals surface area contributed by atoms with Crippen LogP contribution < -0.4 is 14.8 Å². The fraction of sp³-hybridized carbons (Fsp3) is 0.250. The third kappa shape index (κ3) is 3.86. The van der Waals surface area contributed by atoms with E-state index in [-0.39, 0.29) is 0 Å². The molecule has 0 radical (unpaired) electrons. The van der Waals surface area contributed by atoms with Crippen LogP contribution in [0.25, 0.3) is 0 Å². The zero-order valence-corrected chi connectivity index (χ0v) is 12.1. The highest BCUT2D eigenvalue weighted by Crippen LogP contribution is 2.19. The molecule has 0 saturated heterocycles. The molecule has 2 aromatic rings. The van der Waals surface area contributed by atoms with E-state index in [2.05, 4.69) is 16.4 Å². The first-order chi connectivity index (χ1) is 10.3. The van der Waals surface area contributed by atoms with Crippen molar-refractivity contribution in [2.24, 2.45) is 0 Å². The summed E-state index contributed by atoms with van der Waals surface area (Å²) in [5, 5.41) is 12.3. The number of rotatable bonds is 6. The van der Waals surface area contributed by atoms with Crippen LogP contribution in [0.5, 0.6) is 11.6 Å². The fourth-order valence-corrected chi connectivity index (χ4v) is 1.87. The number of hydrogen-bond donors (Lipinski definition) is 1. The second-order valence-corrected chi connectivity index (χ2v) is 4.32. The van der Waals surface area contributed by atoms with Gasteiger partial charge >= 0.3 is 0 Å². The maximum atomic E-state index is 9.07. The SMILES string of the molecule is CCOc1ccc(NCc2ccc(OC)c(C#N)c2)cn1. The molecule has 5 nitrogen and oxygen atoms in total. The number of hydrogen-bond acceptors (Lipinski definition) is 5. The molecular weight excluding hydrogens is 266 g/mol. The maximum Gasteiger partial charge on any atom is 0.213 e. The summed E-state index contributed by atoms with van der Waals surface area (Å²) in [6, 6.07) is 11.4. The van der Waals surface area contributed by atoms with Crippen molar-refractivity contribution in [1.82, 2.24) is 4.98 Å². The lowest BCUT2D eigenvalue weighted by Crippen LogP contribution is -2.01. The second kappa shape index (κ2) is 7.15. The van der Waals surface area contributed by atoms with Crippen LogP contribution in [0.1, 0.15) is 18.1 Å². The van der Waals surface area contributed by atoms with Gasteiger partial charge in [0.1, 0.15) is 11.8 Å². The van der Waals surface area contributed by atoms with Crippen molar-refractivity contribution in [3.05, 3.63) is 47.7 Å². The predicted molar refractivity (Wildman–Crippen MR) is 80.4 cm³/mol. The summed E-state index contributed by atoms with van der Waals surface area (Å²) in [6.07, 6.45) is 1.72. The zero-order valence-electron chi connectivity index (χ0n) is 12.1. The first-order valence-electron chi connectivity index (χ1n) is 6.66. The first-order valence-corrected chi connectivity index (χ1v) is 6.66. The van der Waals surface area contributed by atoms with Crippen LogP contribution in [0.2, 0.25) is 0 Å². The van der Waals surface area contributed by atoms with Gasteiger partial charge in [0.2, 0.25) is 5.88 Å². The highest BCUT2D eigenvalue weighted by Gasteiger charge is 2.04. The number of aromatic nitrogens is 1. The van der Waals surface area contributed by atoms with Crippen molar-refractivity contribution in [2.45, 2.75) is 13.5 Å². The van der Waals surface area contributed by atoms with E-state index in [0.717, 1.165) is 11.3 Å². The molecule has 2 rings (SSSR count). The molecule has 0 atom stereocenters. The Morgan fingerprint density at radius 3 is 2.76 bits per heavy atom. The van der Waals surface area contributed by atoms with E-state index >= 15 is 0 Å². The van der Waals surface area contributed by atoms with Gasteiger partial charge in [0.15, 0.2) is 0 Å². The Morgan fingerprint density at radius 2 is 2.14 bits per heavy atom. The standard InChI is InChI=1S/C16H17N3O2/c1-3-21-16-7-5-14(11-19-16)18-10-12-4-6-15(20-2)13(8-12)9-17/h4-8,11,18H,3,10H2,1-2H3. The Hall–Kier alpha value is -2.74. The summed E-state index contributed by atoms with van der Waals surface area (Å²) in [5.41, 5.74) is 2.43. The van der Waals surface area contributed by atoms with Gasteiger partial charge < -0.3 is 14.8 Å². The number of nitrogens with one attached hydrogen (secondary N) is 1. The Morgan fingerprint density at radius 1 is 1.29 bits per heavy atom. The minimum Gasteiger partial charge on any atom is -0.495 e. The summed E-state index contributed by atoms with van der Waals surface area (Å²) >= 11 is 0. The lowest BCUT2D eigenvalue weighted by molar-refractivity contribution is 0.327. The summed E-state index contributed by atoms with van der Waals surface area (Å²) in [4.78, 5) is 4.18. The second-order valence-electron chi connectivity index (χ2n) is 4.32. The van der Waals surface area contributed by atoms with Gasteiger partial charge in [-0.15, -0.1) is 0 Å². The van der Waals surface area contributed by atoms with Crippen molar-refractivity contribution in [3.8, 4) is 17.7 Å². The molecule has 1 aromatic carbocycles. The van der Waals surface area contributed by atoms with Gasteiger partial charge in [-0.05, 0) is 30.7 Å². The van der Waals surface area contributed by atoms with Crippen molar-refractivity contribution in [3.63, 3.8) is 0 Å². The highest BCUT2D eigenvalue weighted by atomic mass is 16.5. The molecule has 0 aliphatic rings. The molecule has 108 valence electrons. The quantitative estimate of drug-likeness (QED) is 0.882. The average Bonchev–Trinajstić information content (AvgIpc) is 2.54. The van der Waals surface area contributed by atoms with Crippen LogP contribution >= 0.6 is 0 Å². The molecule has 0 aliphatic carbocycles. The number of nitrogens with zero attached hydrogens (tertiary/aromatic N) is 2. The number of ether oxygens (including phenoxy) is 2. The first kappa shape index (κ1) is 14.7. The minimum absolute atomic E-state index is 0.529. The molecule has 1 N–H and O–H groups in total. The van der Waals surface area contributed by atoms with Gasteiger partial charge in [-0.3, -0.25) is 0 Å². The van der Waals surface area contributed by atoms with Gasteiger partial charge in [0.05, 0.1) is 31.2 Å². The molecule has 0 fully saturated rings. The Balaban J connectivity index is 2.01. The molecule has 0 aliphatic heterocycles. The third-order valence-corrected chi connectivity index (χ3v) is 2.91. The van der Waals surface area contributed by atoms with Crippen LogP contribution in [-0.2, 0) is 6.54 Å². The lowest BCUT2D eigenvalue weighted by atomic mass is 10.1. The number of nitriles is 1. The van der Waals surface area contributed by atoms with Crippen LogP contribution in [0.3, 0.4) is 0 Å². The molecule has 5 heteroatoms. The van der Waals surface area contributed by atoms with Gasteiger partial charge in [-0.2, -0.15) is 5.26 Å². The van der Waals surface area contributed by atoms with Crippen LogP contribution in [0.4, 0.5) is 5.69 Å². The van der Waals surface area contributed by atoms with E-state index < -0.39 is 0 Å². The van der Waals surface area contributed by atoms with Crippen molar-refractivity contribution < 1.29 is 9.47 Å². The van der Waals surface area contributed by atoms with Crippen LogP contribution in [-0.4, -0.2) is 18.7 Å². The molecule has 1 heterocycles. The van der Waals surface area contributed by atoms with Crippen molar-refractivity contribution in [1.29, 1.82) is 5.26 Å². The van der Waals surface area contributed by atoms with E-state index in [9.17, 15) is 0 Å². The average molecular weight is 283 g/mol. The van der Waals surface area contributed by atoms with E-state index in [0.29, 0.717) is 30.3 Å². The topological polar surface area (TPSA) is 67.2 Å². The van der Waals surface area contributed by atoms with Gasteiger partial charge in [-0.25, -0.2) is 4.98 Å². The number of benzene rings is 1. The molecular formula is C16H17N3O2. The van der Waals surface area contributed by atoms with Crippen molar-refractivity contribution >= 4 is 5.69 Å². The predicted octanol–water partition coefficient (Wildman–Crippen LogP) is 2.97. The minimum atomic E-state index is 0.529. The van der Waals surface area contributed by atoms with Gasteiger partial charge in [0, 0.05) is 12.6 Å². The zero-order chi connectivity index (χ0) is 15.1. The summed E-state index contributed by atoms with van der Waals surface area (Å²) in [7, 11) is 1.56. The number of pyridine rings is 1. The van der Waals surface area contributed by atoms with E-state index in [4.69, 9.17) is 14.7 Å². The fourth-order valence-electron chi connectivity index (χ4n) is 1.87. The molecule has 21 heavy (non-hydrogen) atoms. The summed E-state index contributed by atoms with van der Waals surface area (Å²) in [6.45, 7) is 3.13. The Bertz CT molecular complexity index is 633. The Kier molecular flexibility index (Phi) is 4.99. The van der Waals surface area contributed by atoms with E-state index in [1.807, 2.05) is 31.2 Å². The molecule has 0 saturated carbocycles. The summed E-state index contributed by atoms with van der Waals surface area (Å²) < 4.78 is 10.4. The molecule has 0 unspecified atom stereocenters. The Labute approximate surface area is 124 Å². The molecule has 0 bridgehead atoms. The smallest absolute Gasteiger partial charge is 0.213 e. The molecule has 1 aromatic heterocycles. The third-order valence-electron chi connectivity index (χ3n) is 2.91. The molecule has 0 amide bonds. The molecule has 0 spiro atoms. The van der Waals surface area contributed by atoms with Gasteiger partial charge in [-0.1, -0.05) is 6.07 Å². The monoisotopic (exact) mass is 283 g/mol. The number of anilines is 1. The van der Waals surface area contributed by atoms with E-state index in [1.54, 1.807) is 19.4 Å². The van der Waals surface area contributed by atoms with Gasteiger partial charge in [0.25, 0.3) is 0 Å². The largest absolute Gasteiger partial charge is 0.495 e. The highest BCUT2D eigenvalue weighted by molar-refractivity contribution is 5.47. The van der Waals surface area contributed by atoms with Crippen molar-refractivity contribution in [2.75, 3.05) is 19.0 Å². The normalized spacial score (nSPS) is 9.76. The lowest BCUT2D eigenvalue weighted by Gasteiger charge is -2.09. The maximum absolute atomic E-state index is 9.07. The summed E-state index contributed by atoms with van der Waals surface area (Å²) in [5.74, 6) is 1.20.